The average Bonchev–Trinajstić information content (AvgIpc) is 3.15. The first-order valence-electron chi connectivity index (χ1n) is 7.34. The van der Waals surface area contributed by atoms with Crippen LogP contribution in [0.15, 0.2) is 18.5 Å². The summed E-state index contributed by atoms with van der Waals surface area (Å²) in [5.41, 5.74) is 2.26. The minimum Gasteiger partial charge on any atom is -0.370 e. The Morgan fingerprint density at radius 2 is 2.32 bits per heavy atom. The molecule has 7 heteroatoms. The van der Waals surface area contributed by atoms with Crippen molar-refractivity contribution >= 4 is 5.91 Å². The number of aromatic nitrogens is 4. The molecule has 2 aromatic rings. The van der Waals surface area contributed by atoms with E-state index in [1.54, 1.807) is 0 Å². The Hall–Kier alpha value is -2.28. The molecule has 2 aromatic heterocycles. The summed E-state index contributed by atoms with van der Waals surface area (Å²) in [7, 11) is 0. The average molecular weight is 301 g/mol. The van der Waals surface area contributed by atoms with Crippen molar-refractivity contribution in [2.24, 2.45) is 5.92 Å². The zero-order valence-corrected chi connectivity index (χ0v) is 12.7. The van der Waals surface area contributed by atoms with E-state index in [4.69, 9.17) is 4.74 Å². The minimum absolute atomic E-state index is 0.104. The fourth-order valence-electron chi connectivity index (χ4n) is 2.74. The summed E-state index contributed by atoms with van der Waals surface area (Å²) in [6, 6.07) is 3.66. The zero-order chi connectivity index (χ0) is 15.5. The van der Waals surface area contributed by atoms with Crippen LogP contribution in [0.2, 0.25) is 0 Å². The van der Waals surface area contributed by atoms with Crippen molar-refractivity contribution in [2.45, 2.75) is 26.4 Å². The Morgan fingerprint density at radius 3 is 3.05 bits per heavy atom. The van der Waals surface area contributed by atoms with Crippen molar-refractivity contribution in [3.05, 3.63) is 41.2 Å². The number of aromatic amines is 1. The van der Waals surface area contributed by atoms with Crippen LogP contribution in [-0.2, 0) is 4.74 Å². The maximum atomic E-state index is 12.3. The highest BCUT2D eigenvalue weighted by Gasteiger charge is 2.32. The van der Waals surface area contributed by atoms with E-state index in [1.165, 1.54) is 6.33 Å². The van der Waals surface area contributed by atoms with E-state index in [9.17, 15) is 4.79 Å². The normalized spacial score (nSPS) is 21.0. The number of hydrogen-bond donors (Lipinski definition) is 2. The molecular formula is C15H19N5O2. The zero-order valence-electron chi connectivity index (χ0n) is 12.7. The molecule has 2 N–H and O–H groups in total. The lowest BCUT2D eigenvalue weighted by Gasteiger charge is -2.17. The molecule has 0 aromatic carbocycles. The molecule has 1 aliphatic rings. The number of hydrogen-bond acceptors (Lipinski definition) is 5. The first-order valence-corrected chi connectivity index (χ1v) is 7.34. The van der Waals surface area contributed by atoms with Crippen molar-refractivity contribution in [1.29, 1.82) is 0 Å². The second-order valence-electron chi connectivity index (χ2n) is 5.51. The van der Waals surface area contributed by atoms with Crippen LogP contribution >= 0.6 is 0 Å². The topological polar surface area (TPSA) is 92.8 Å². The monoisotopic (exact) mass is 301 g/mol. The summed E-state index contributed by atoms with van der Waals surface area (Å²) in [5, 5.41) is 9.66. The molecule has 0 radical (unpaired) electrons. The third-order valence-electron chi connectivity index (χ3n) is 3.91. The molecule has 116 valence electrons. The smallest absolute Gasteiger partial charge is 0.253 e. The van der Waals surface area contributed by atoms with E-state index in [1.807, 2.05) is 26.0 Å². The molecule has 22 heavy (non-hydrogen) atoms. The lowest BCUT2D eigenvalue weighted by atomic mass is 10.0. The van der Waals surface area contributed by atoms with E-state index >= 15 is 0 Å². The fourth-order valence-corrected chi connectivity index (χ4v) is 2.74. The first-order chi connectivity index (χ1) is 10.6. The maximum absolute atomic E-state index is 12.3. The molecule has 3 heterocycles. The molecule has 1 aliphatic heterocycles. The van der Waals surface area contributed by atoms with Gasteiger partial charge < -0.3 is 10.1 Å². The standard InChI is InChI=1S/C15H19N5O2/c1-9-3-4-12(10(2)19-9)15(21)16-7-11-5-6-22-13(11)14-17-8-18-20-14/h3-4,8,11,13H,5-7H2,1-2H3,(H,16,21)(H,17,18,20)/t11-,13-/m0/s1. The SMILES string of the molecule is Cc1ccc(C(=O)NC[C@@H]2CCO[C@@H]2c2ncn[nH]2)c(C)n1. The van der Waals surface area contributed by atoms with Crippen LogP contribution in [0, 0.1) is 19.8 Å². The summed E-state index contributed by atoms with van der Waals surface area (Å²) in [4.78, 5) is 20.8. The quantitative estimate of drug-likeness (QED) is 0.888. The predicted molar refractivity (Wildman–Crippen MR) is 79.2 cm³/mol. The van der Waals surface area contributed by atoms with Gasteiger partial charge in [-0.25, -0.2) is 4.98 Å². The van der Waals surface area contributed by atoms with Crippen LogP contribution in [0.5, 0.6) is 0 Å². The summed E-state index contributed by atoms with van der Waals surface area (Å²) in [6.45, 7) is 4.96. The molecule has 0 bridgehead atoms. The number of pyridine rings is 1. The van der Waals surface area contributed by atoms with Crippen LogP contribution in [0.1, 0.15) is 40.1 Å². The van der Waals surface area contributed by atoms with E-state index < -0.39 is 0 Å². The molecule has 7 nitrogen and oxygen atoms in total. The Bertz CT molecular complexity index is 656. The number of carbonyl (C=O) groups is 1. The molecule has 0 unspecified atom stereocenters. The van der Waals surface area contributed by atoms with Crippen LogP contribution in [0.4, 0.5) is 0 Å². The number of nitrogens with zero attached hydrogens (tertiary/aromatic N) is 3. The number of H-pyrrole nitrogens is 1. The van der Waals surface area contributed by atoms with Gasteiger partial charge in [-0.1, -0.05) is 0 Å². The largest absolute Gasteiger partial charge is 0.370 e. The van der Waals surface area contributed by atoms with Gasteiger partial charge in [-0.2, -0.15) is 5.10 Å². The number of aryl methyl sites for hydroxylation is 2. The molecule has 0 saturated carbocycles. The second kappa shape index (κ2) is 6.23. The summed E-state index contributed by atoms with van der Waals surface area (Å²) >= 11 is 0. The van der Waals surface area contributed by atoms with E-state index in [0.717, 1.165) is 17.8 Å². The van der Waals surface area contributed by atoms with Crippen LogP contribution in [0.3, 0.4) is 0 Å². The highest BCUT2D eigenvalue weighted by atomic mass is 16.5. The number of nitrogens with one attached hydrogen (secondary N) is 2. The Kier molecular flexibility index (Phi) is 4.15. The predicted octanol–water partition coefficient (Wildman–Crippen LogP) is 1.32. The molecule has 1 fully saturated rings. The van der Waals surface area contributed by atoms with Crippen molar-refractivity contribution in [3.8, 4) is 0 Å². The molecular weight excluding hydrogens is 282 g/mol. The third-order valence-corrected chi connectivity index (χ3v) is 3.91. The number of amides is 1. The number of rotatable bonds is 4. The summed E-state index contributed by atoms with van der Waals surface area (Å²) in [6.07, 6.45) is 2.21. The van der Waals surface area contributed by atoms with Gasteiger partial charge in [0.1, 0.15) is 12.4 Å². The fraction of sp³-hybridized carbons (Fsp3) is 0.467. The van der Waals surface area contributed by atoms with Crippen molar-refractivity contribution in [1.82, 2.24) is 25.5 Å². The maximum Gasteiger partial charge on any atom is 0.253 e. The highest BCUT2D eigenvalue weighted by Crippen LogP contribution is 2.31. The minimum atomic E-state index is -0.139. The van der Waals surface area contributed by atoms with Crippen LogP contribution in [0.25, 0.3) is 0 Å². The van der Waals surface area contributed by atoms with Gasteiger partial charge >= 0.3 is 0 Å². The lowest BCUT2D eigenvalue weighted by molar-refractivity contribution is 0.0798. The van der Waals surface area contributed by atoms with Gasteiger partial charge in [-0.15, -0.1) is 0 Å². The second-order valence-corrected chi connectivity index (χ2v) is 5.51. The van der Waals surface area contributed by atoms with Gasteiger partial charge in [0.05, 0.1) is 11.3 Å². The van der Waals surface area contributed by atoms with E-state index in [0.29, 0.717) is 24.5 Å². The van der Waals surface area contributed by atoms with Gasteiger partial charge in [0.2, 0.25) is 0 Å². The summed E-state index contributed by atoms with van der Waals surface area (Å²) < 4.78 is 5.69. The van der Waals surface area contributed by atoms with Crippen LogP contribution < -0.4 is 5.32 Å². The van der Waals surface area contributed by atoms with Gasteiger partial charge in [-0.3, -0.25) is 14.9 Å². The molecule has 3 rings (SSSR count). The molecule has 0 spiro atoms. The van der Waals surface area contributed by atoms with Crippen LogP contribution in [-0.4, -0.2) is 39.2 Å². The van der Waals surface area contributed by atoms with Gasteiger partial charge in [0, 0.05) is 24.8 Å². The van der Waals surface area contributed by atoms with Gasteiger partial charge in [0.15, 0.2) is 5.82 Å². The van der Waals surface area contributed by atoms with Crippen molar-refractivity contribution in [2.75, 3.05) is 13.2 Å². The number of ether oxygens (including phenoxy) is 1. The third kappa shape index (κ3) is 2.99. The molecule has 0 aliphatic carbocycles. The van der Waals surface area contributed by atoms with E-state index in [-0.39, 0.29) is 17.9 Å². The first kappa shape index (κ1) is 14.6. The molecule has 1 saturated heterocycles. The van der Waals surface area contributed by atoms with Gasteiger partial charge in [0.25, 0.3) is 5.91 Å². The Balaban J connectivity index is 1.63. The Labute approximate surface area is 128 Å². The van der Waals surface area contributed by atoms with Crippen molar-refractivity contribution < 1.29 is 9.53 Å². The molecule has 2 atom stereocenters. The van der Waals surface area contributed by atoms with E-state index in [2.05, 4.69) is 25.5 Å². The summed E-state index contributed by atoms with van der Waals surface area (Å²) in [5.74, 6) is 0.800. The van der Waals surface area contributed by atoms with Crippen molar-refractivity contribution in [3.63, 3.8) is 0 Å². The van der Waals surface area contributed by atoms with Gasteiger partial charge in [-0.05, 0) is 32.4 Å². The number of carbonyl (C=O) groups excluding carboxylic acids is 1. The Morgan fingerprint density at radius 1 is 1.45 bits per heavy atom. The molecule has 1 amide bonds. The lowest BCUT2D eigenvalue weighted by Crippen LogP contribution is -2.31. The highest BCUT2D eigenvalue weighted by molar-refractivity contribution is 5.95.